The molecule has 31 heavy (non-hydrogen) atoms. The number of nitrogens with two attached hydrogens (primary N) is 1. The molecule has 2 aliphatic rings. The van der Waals surface area contributed by atoms with Gasteiger partial charge >= 0.3 is 5.97 Å². The average molecular weight is 432 g/mol. The highest BCUT2D eigenvalue weighted by Gasteiger charge is 2.35. The molecule has 2 aliphatic heterocycles. The van der Waals surface area contributed by atoms with Crippen molar-refractivity contribution >= 4 is 17.8 Å². The Labute approximate surface area is 180 Å². The molecule has 2 amide bonds. The Morgan fingerprint density at radius 1 is 1.35 bits per heavy atom. The molecule has 0 aromatic heterocycles. The molecule has 0 bridgehead atoms. The first-order valence-corrected chi connectivity index (χ1v) is 10.1. The van der Waals surface area contributed by atoms with Gasteiger partial charge in [0.05, 0.1) is 26.1 Å². The largest absolute Gasteiger partial charge is 0.497 e. The molecule has 5 N–H and O–H groups in total. The van der Waals surface area contributed by atoms with Crippen molar-refractivity contribution in [1.29, 1.82) is 0 Å². The summed E-state index contributed by atoms with van der Waals surface area (Å²) in [5.41, 5.74) is 7.96. The lowest BCUT2D eigenvalue weighted by atomic mass is 10.1. The van der Waals surface area contributed by atoms with Gasteiger partial charge in [-0.05, 0) is 29.7 Å². The van der Waals surface area contributed by atoms with Gasteiger partial charge in [-0.15, -0.1) is 0 Å². The van der Waals surface area contributed by atoms with Gasteiger partial charge in [0.15, 0.2) is 0 Å². The minimum Gasteiger partial charge on any atom is -0.497 e. The lowest BCUT2D eigenvalue weighted by molar-refractivity contribution is -0.155. The summed E-state index contributed by atoms with van der Waals surface area (Å²) in [6.07, 6.45) is 0.817. The molecule has 3 unspecified atom stereocenters. The maximum Gasteiger partial charge on any atom is 0.310 e. The smallest absolute Gasteiger partial charge is 0.310 e. The third-order valence-electron chi connectivity index (χ3n) is 5.16. The van der Waals surface area contributed by atoms with E-state index in [1.165, 1.54) is 4.90 Å². The molecule has 0 spiro atoms. The summed E-state index contributed by atoms with van der Waals surface area (Å²) in [4.78, 5) is 37.6. The number of methoxy groups -OCH3 is 1. The predicted molar refractivity (Wildman–Crippen MR) is 111 cm³/mol. The summed E-state index contributed by atoms with van der Waals surface area (Å²) in [6, 6.07) is 6.16. The molecule has 0 aliphatic carbocycles. The average Bonchev–Trinajstić information content (AvgIpc) is 2.99. The van der Waals surface area contributed by atoms with Gasteiger partial charge in [0.2, 0.25) is 18.1 Å². The quantitative estimate of drug-likeness (QED) is 0.303. The fraction of sp³-hybridized carbons (Fsp3) is 0.476. The number of ether oxygens (including phenoxy) is 2. The van der Waals surface area contributed by atoms with Gasteiger partial charge in [-0.2, -0.15) is 0 Å². The summed E-state index contributed by atoms with van der Waals surface area (Å²) in [5.74, 6) is -0.624. The van der Waals surface area contributed by atoms with E-state index in [4.69, 9.17) is 10.5 Å². The van der Waals surface area contributed by atoms with E-state index in [9.17, 15) is 19.5 Å². The topological polar surface area (TPSA) is 143 Å². The highest BCUT2D eigenvalue weighted by Crippen LogP contribution is 2.15. The molecule has 3 atom stereocenters. The fourth-order valence-corrected chi connectivity index (χ4v) is 3.52. The van der Waals surface area contributed by atoms with Crippen LogP contribution in [0.25, 0.3) is 0 Å². The molecule has 1 aromatic rings. The molecule has 1 fully saturated rings. The van der Waals surface area contributed by atoms with E-state index in [0.717, 1.165) is 16.9 Å². The number of cyclic esters (lactones) is 1. The van der Waals surface area contributed by atoms with Crippen molar-refractivity contribution in [2.24, 2.45) is 5.73 Å². The van der Waals surface area contributed by atoms with Gasteiger partial charge in [0.25, 0.3) is 0 Å². The van der Waals surface area contributed by atoms with Crippen molar-refractivity contribution in [2.75, 3.05) is 26.7 Å². The number of hydrogen-bond acceptors (Lipinski definition) is 8. The number of hydrogen-bond donors (Lipinski definition) is 4. The number of nitrogens with one attached hydrogen (secondary N) is 2. The molecule has 1 saturated heterocycles. The van der Waals surface area contributed by atoms with Crippen molar-refractivity contribution in [1.82, 2.24) is 15.5 Å². The maximum absolute atomic E-state index is 12.6. The van der Waals surface area contributed by atoms with Crippen LogP contribution in [0.1, 0.15) is 18.4 Å². The van der Waals surface area contributed by atoms with Crippen LogP contribution in [-0.4, -0.2) is 72.9 Å². The van der Waals surface area contributed by atoms with Crippen LogP contribution in [0, 0.1) is 0 Å². The van der Waals surface area contributed by atoms with Gasteiger partial charge in [0, 0.05) is 19.6 Å². The van der Waals surface area contributed by atoms with E-state index >= 15 is 0 Å². The molecule has 10 heteroatoms. The van der Waals surface area contributed by atoms with E-state index in [-0.39, 0.29) is 25.4 Å². The normalized spacial score (nSPS) is 23.8. The number of nitrogens with zero attached hydrogens (tertiary/aromatic N) is 1. The van der Waals surface area contributed by atoms with Crippen molar-refractivity contribution in [3.63, 3.8) is 0 Å². The molecule has 1 aromatic carbocycles. The molecule has 3 rings (SSSR count). The summed E-state index contributed by atoms with van der Waals surface area (Å²) in [5, 5.41) is 15.5. The first kappa shape index (κ1) is 22.7. The molecule has 0 saturated carbocycles. The summed E-state index contributed by atoms with van der Waals surface area (Å²) in [7, 11) is 1.62. The number of aliphatic hydroxyl groups excluding tert-OH is 1. The number of benzene rings is 1. The van der Waals surface area contributed by atoms with Crippen LogP contribution >= 0.6 is 0 Å². The first-order valence-electron chi connectivity index (χ1n) is 10.1. The van der Waals surface area contributed by atoms with E-state index in [1.54, 1.807) is 7.11 Å². The van der Waals surface area contributed by atoms with Gasteiger partial charge in [-0.1, -0.05) is 18.2 Å². The number of carbonyl (C=O) groups excluding carboxylic acids is 3. The molecular formula is C21H28N4O6. The summed E-state index contributed by atoms with van der Waals surface area (Å²) < 4.78 is 9.84. The lowest BCUT2D eigenvalue weighted by Crippen LogP contribution is -2.50. The van der Waals surface area contributed by atoms with Crippen LogP contribution in [0.15, 0.2) is 35.9 Å². The highest BCUT2D eigenvalue weighted by atomic mass is 16.6. The van der Waals surface area contributed by atoms with Crippen LogP contribution in [0.4, 0.5) is 0 Å². The van der Waals surface area contributed by atoms with Gasteiger partial charge in [0.1, 0.15) is 11.8 Å². The van der Waals surface area contributed by atoms with E-state index in [1.807, 2.05) is 30.3 Å². The number of aliphatic hydroxyl groups is 1. The summed E-state index contributed by atoms with van der Waals surface area (Å²) >= 11 is 0. The van der Waals surface area contributed by atoms with Gasteiger partial charge in [-0.3, -0.25) is 14.4 Å². The van der Waals surface area contributed by atoms with Crippen LogP contribution < -0.4 is 21.1 Å². The second-order valence-electron chi connectivity index (χ2n) is 7.61. The third-order valence-corrected chi connectivity index (χ3v) is 5.16. The third kappa shape index (κ3) is 6.27. The van der Waals surface area contributed by atoms with Crippen LogP contribution in [0.2, 0.25) is 0 Å². The Hall–Kier alpha value is -2.95. The molecule has 2 heterocycles. The number of esters is 1. The zero-order valence-electron chi connectivity index (χ0n) is 17.4. The zero-order chi connectivity index (χ0) is 22.4. The second-order valence-corrected chi connectivity index (χ2v) is 7.61. The molecule has 10 nitrogen and oxygen atoms in total. The van der Waals surface area contributed by atoms with E-state index < -0.39 is 30.3 Å². The van der Waals surface area contributed by atoms with Crippen molar-refractivity contribution in [2.45, 2.75) is 37.8 Å². The Bertz CT molecular complexity index is 858. The highest BCUT2D eigenvalue weighted by molar-refractivity contribution is 5.88. The maximum atomic E-state index is 12.6. The Balaban J connectivity index is 1.54. The van der Waals surface area contributed by atoms with Crippen LogP contribution in [0.3, 0.4) is 0 Å². The number of carbonyl (C=O) groups is 3. The SMILES string of the molecule is COc1cccc(CNCC2=CCC(N)C(=O)N(CC(=O)NC3CC(=O)OC3O)C2)c1. The van der Waals surface area contributed by atoms with Crippen molar-refractivity contribution in [3.8, 4) is 5.75 Å². The van der Waals surface area contributed by atoms with E-state index in [2.05, 4.69) is 15.4 Å². The minimum atomic E-state index is -1.38. The lowest BCUT2D eigenvalue weighted by Gasteiger charge is -2.24. The Morgan fingerprint density at radius 3 is 2.87 bits per heavy atom. The van der Waals surface area contributed by atoms with Gasteiger partial charge in [-0.25, -0.2) is 0 Å². The van der Waals surface area contributed by atoms with Crippen molar-refractivity contribution in [3.05, 3.63) is 41.5 Å². The zero-order valence-corrected chi connectivity index (χ0v) is 17.4. The number of rotatable bonds is 8. The van der Waals surface area contributed by atoms with Crippen molar-refractivity contribution < 1.29 is 29.0 Å². The number of amides is 2. The Kier molecular flexibility index (Phi) is 7.61. The summed E-state index contributed by atoms with van der Waals surface area (Å²) in [6.45, 7) is 1.17. The molecular weight excluding hydrogens is 404 g/mol. The van der Waals surface area contributed by atoms with Gasteiger partial charge < -0.3 is 35.8 Å². The minimum absolute atomic E-state index is 0.111. The molecule has 0 radical (unpaired) electrons. The monoisotopic (exact) mass is 432 g/mol. The predicted octanol–water partition coefficient (Wildman–Crippen LogP) is -0.979. The van der Waals surface area contributed by atoms with E-state index in [0.29, 0.717) is 19.5 Å². The first-order chi connectivity index (χ1) is 14.9. The molecule has 168 valence electrons. The van der Waals surface area contributed by atoms with Crippen LogP contribution in [-0.2, 0) is 25.7 Å². The fourth-order valence-electron chi connectivity index (χ4n) is 3.52. The second kappa shape index (κ2) is 10.4. The standard InChI is InChI=1S/C21H28N4O6/c1-30-15-4-2-3-13(7-15)9-23-10-14-5-6-16(22)20(28)25(11-14)12-18(26)24-17-8-19(27)31-21(17)29/h2-5,7,16-17,21,23,29H,6,8-12,22H2,1H3,(H,24,26). The van der Waals surface area contributed by atoms with Crippen LogP contribution in [0.5, 0.6) is 5.75 Å². The Morgan fingerprint density at radius 2 is 2.16 bits per heavy atom.